The van der Waals surface area contributed by atoms with E-state index < -0.39 is 0 Å². The summed E-state index contributed by atoms with van der Waals surface area (Å²) in [5.41, 5.74) is 0.814. The van der Waals surface area contributed by atoms with Crippen LogP contribution in [0.25, 0.3) is 10.8 Å². The topological polar surface area (TPSA) is 80.1 Å². The highest BCUT2D eigenvalue weighted by molar-refractivity contribution is 8.02. The number of rotatable bonds is 7. The Labute approximate surface area is 170 Å². The smallest absolute Gasteiger partial charge is 0.237 e. The van der Waals surface area contributed by atoms with Crippen molar-refractivity contribution in [2.75, 3.05) is 10.6 Å². The predicted octanol–water partition coefficient (Wildman–Crippen LogP) is 5.02. The van der Waals surface area contributed by atoms with E-state index in [2.05, 4.69) is 20.8 Å². The van der Waals surface area contributed by atoms with Crippen molar-refractivity contribution in [2.45, 2.75) is 23.1 Å². The zero-order valence-corrected chi connectivity index (χ0v) is 16.7. The van der Waals surface area contributed by atoms with Crippen molar-refractivity contribution in [3.8, 4) is 0 Å². The number of amides is 1. The van der Waals surface area contributed by atoms with Crippen LogP contribution in [0.5, 0.6) is 0 Å². The Bertz CT molecular complexity index is 1070. The minimum Gasteiger partial charge on any atom is -0.467 e. The lowest BCUT2D eigenvalue weighted by Crippen LogP contribution is -2.22. The third kappa shape index (κ3) is 4.35. The van der Waals surface area contributed by atoms with Crippen molar-refractivity contribution in [1.29, 1.82) is 0 Å². The molecule has 0 spiro atoms. The molecule has 0 saturated carbocycles. The fraction of sp³-hybridized carbons (Fsp3) is 0.150. The molecule has 4 aromatic rings. The first-order chi connectivity index (χ1) is 13.7. The third-order valence-corrected chi connectivity index (χ3v) is 6.16. The van der Waals surface area contributed by atoms with Gasteiger partial charge in [0.2, 0.25) is 11.0 Å². The van der Waals surface area contributed by atoms with Crippen LogP contribution in [0, 0.1) is 0 Å². The van der Waals surface area contributed by atoms with Gasteiger partial charge in [0.1, 0.15) is 5.76 Å². The van der Waals surface area contributed by atoms with Crippen LogP contribution in [0.15, 0.2) is 69.6 Å². The molecule has 0 aliphatic rings. The molecule has 1 atom stereocenters. The van der Waals surface area contributed by atoms with E-state index in [0.717, 1.165) is 26.6 Å². The number of anilines is 2. The Balaban J connectivity index is 1.36. The fourth-order valence-corrected chi connectivity index (χ4v) is 4.57. The summed E-state index contributed by atoms with van der Waals surface area (Å²) in [4.78, 5) is 12.6. The maximum atomic E-state index is 12.6. The SMILES string of the molecule is C[C@H](Sc1nnc(NCc2ccco2)s1)C(=O)Nc1cccc2ccccc12. The lowest BCUT2D eigenvalue weighted by molar-refractivity contribution is -0.115. The van der Waals surface area contributed by atoms with Gasteiger partial charge in [0, 0.05) is 11.1 Å². The van der Waals surface area contributed by atoms with Crippen molar-refractivity contribution in [3.05, 3.63) is 66.6 Å². The molecule has 1 amide bonds. The van der Waals surface area contributed by atoms with E-state index >= 15 is 0 Å². The van der Waals surface area contributed by atoms with Crippen LogP contribution in [0.4, 0.5) is 10.8 Å². The van der Waals surface area contributed by atoms with Crippen molar-refractivity contribution in [2.24, 2.45) is 0 Å². The molecule has 0 bridgehead atoms. The Kier molecular flexibility index (Phi) is 5.59. The molecule has 0 aliphatic carbocycles. The van der Waals surface area contributed by atoms with Crippen molar-refractivity contribution < 1.29 is 9.21 Å². The van der Waals surface area contributed by atoms with Gasteiger partial charge in [0.25, 0.3) is 0 Å². The maximum absolute atomic E-state index is 12.6. The Morgan fingerprint density at radius 3 is 2.86 bits per heavy atom. The summed E-state index contributed by atoms with van der Waals surface area (Å²) in [6.45, 7) is 2.41. The normalized spacial score (nSPS) is 12.0. The first kappa shape index (κ1) is 18.5. The molecular weight excluding hydrogens is 392 g/mol. The molecule has 6 nitrogen and oxygen atoms in total. The van der Waals surface area contributed by atoms with Crippen molar-refractivity contribution in [1.82, 2.24) is 10.2 Å². The highest BCUT2D eigenvalue weighted by Gasteiger charge is 2.18. The van der Waals surface area contributed by atoms with Gasteiger partial charge in [-0.15, -0.1) is 10.2 Å². The number of carbonyl (C=O) groups excluding carboxylic acids is 1. The maximum Gasteiger partial charge on any atom is 0.237 e. The summed E-state index contributed by atoms with van der Waals surface area (Å²) < 4.78 is 6.02. The fourth-order valence-electron chi connectivity index (χ4n) is 2.68. The molecule has 2 heterocycles. The summed E-state index contributed by atoms with van der Waals surface area (Å²) in [5.74, 6) is 0.758. The summed E-state index contributed by atoms with van der Waals surface area (Å²) in [6, 6.07) is 17.6. The number of thioether (sulfide) groups is 1. The van der Waals surface area contributed by atoms with Gasteiger partial charge >= 0.3 is 0 Å². The number of nitrogens with zero attached hydrogens (tertiary/aromatic N) is 2. The van der Waals surface area contributed by atoms with E-state index in [-0.39, 0.29) is 11.2 Å². The van der Waals surface area contributed by atoms with E-state index in [1.807, 2.05) is 61.5 Å². The largest absolute Gasteiger partial charge is 0.467 e. The molecule has 142 valence electrons. The van der Waals surface area contributed by atoms with E-state index in [1.54, 1.807) is 6.26 Å². The zero-order chi connectivity index (χ0) is 19.3. The van der Waals surface area contributed by atoms with Crippen molar-refractivity contribution >= 4 is 50.6 Å². The van der Waals surface area contributed by atoms with Crippen LogP contribution in [0.1, 0.15) is 12.7 Å². The van der Waals surface area contributed by atoms with Gasteiger partial charge in [-0.05, 0) is 30.5 Å². The Morgan fingerprint density at radius 2 is 2.00 bits per heavy atom. The molecular formula is C20H18N4O2S2. The average Bonchev–Trinajstić information content (AvgIpc) is 3.38. The zero-order valence-electron chi connectivity index (χ0n) is 15.1. The second-order valence-corrected chi connectivity index (χ2v) is 8.65. The highest BCUT2D eigenvalue weighted by Crippen LogP contribution is 2.30. The van der Waals surface area contributed by atoms with Gasteiger partial charge in [-0.25, -0.2) is 0 Å². The van der Waals surface area contributed by atoms with E-state index in [1.165, 1.54) is 23.1 Å². The molecule has 0 radical (unpaired) electrons. The minimum absolute atomic E-state index is 0.0679. The average molecular weight is 411 g/mol. The number of hydrogen-bond acceptors (Lipinski definition) is 7. The van der Waals surface area contributed by atoms with E-state index in [0.29, 0.717) is 11.7 Å². The molecule has 0 unspecified atom stereocenters. The van der Waals surface area contributed by atoms with E-state index in [9.17, 15) is 4.79 Å². The number of aromatic nitrogens is 2. The molecule has 8 heteroatoms. The lowest BCUT2D eigenvalue weighted by atomic mass is 10.1. The predicted molar refractivity (Wildman–Crippen MR) is 114 cm³/mol. The van der Waals surface area contributed by atoms with Gasteiger partial charge in [-0.1, -0.05) is 59.5 Å². The second kappa shape index (κ2) is 8.45. The van der Waals surface area contributed by atoms with Gasteiger partial charge in [0.05, 0.1) is 18.1 Å². The van der Waals surface area contributed by atoms with Crippen molar-refractivity contribution in [3.63, 3.8) is 0 Å². The number of fused-ring (bicyclic) bond motifs is 1. The van der Waals surface area contributed by atoms with Crippen LogP contribution in [0.2, 0.25) is 0 Å². The Hall–Kier alpha value is -2.84. The van der Waals surface area contributed by atoms with Crippen LogP contribution in [-0.2, 0) is 11.3 Å². The second-order valence-electron chi connectivity index (χ2n) is 6.08. The minimum atomic E-state index is -0.301. The summed E-state index contributed by atoms with van der Waals surface area (Å²) in [6.07, 6.45) is 1.63. The molecule has 28 heavy (non-hydrogen) atoms. The molecule has 0 fully saturated rings. The number of furan rings is 1. The first-order valence-corrected chi connectivity index (χ1v) is 10.4. The van der Waals surface area contributed by atoms with E-state index in [4.69, 9.17) is 4.42 Å². The summed E-state index contributed by atoms with van der Waals surface area (Å²) >= 11 is 2.81. The number of carbonyl (C=O) groups is 1. The Morgan fingerprint density at radius 1 is 1.14 bits per heavy atom. The molecule has 2 aromatic carbocycles. The van der Waals surface area contributed by atoms with Gasteiger partial charge < -0.3 is 15.1 Å². The van der Waals surface area contributed by atoms with Crippen LogP contribution in [0.3, 0.4) is 0 Å². The highest BCUT2D eigenvalue weighted by atomic mass is 32.2. The summed E-state index contributed by atoms with van der Waals surface area (Å²) in [5, 5.41) is 17.0. The standard InChI is InChI=1S/C20H18N4O2S2/c1-13(18(25)22-17-10-4-7-14-6-2-3-9-16(14)17)27-20-24-23-19(28-20)21-12-15-8-5-11-26-15/h2-11,13H,12H2,1H3,(H,21,23)(H,22,25)/t13-/m0/s1. The third-order valence-electron chi connectivity index (χ3n) is 4.09. The number of nitrogens with one attached hydrogen (secondary N) is 2. The van der Waals surface area contributed by atoms with Crippen LogP contribution < -0.4 is 10.6 Å². The molecule has 0 saturated heterocycles. The summed E-state index contributed by atoms with van der Waals surface area (Å²) in [7, 11) is 0. The molecule has 0 aliphatic heterocycles. The quantitative estimate of drug-likeness (QED) is 0.417. The monoisotopic (exact) mass is 410 g/mol. The lowest BCUT2D eigenvalue weighted by Gasteiger charge is -2.12. The first-order valence-electron chi connectivity index (χ1n) is 8.74. The molecule has 4 rings (SSSR count). The number of benzene rings is 2. The van der Waals surface area contributed by atoms with Crippen LogP contribution in [-0.4, -0.2) is 21.4 Å². The van der Waals surface area contributed by atoms with Gasteiger partial charge in [-0.3, -0.25) is 4.79 Å². The molecule has 2 aromatic heterocycles. The number of hydrogen-bond donors (Lipinski definition) is 2. The van der Waals surface area contributed by atoms with Gasteiger partial charge in [-0.2, -0.15) is 0 Å². The van der Waals surface area contributed by atoms with Gasteiger partial charge in [0.15, 0.2) is 4.34 Å². The van der Waals surface area contributed by atoms with Crippen LogP contribution >= 0.6 is 23.1 Å². The molecule has 2 N–H and O–H groups in total.